The number of rotatable bonds is 3. The van der Waals surface area contributed by atoms with Gasteiger partial charge in [-0.2, -0.15) is 0 Å². The molecule has 1 aliphatic rings. The molecule has 3 aromatic carbocycles. The molecule has 0 radical (unpaired) electrons. The van der Waals surface area contributed by atoms with E-state index in [4.69, 9.17) is 0 Å². The maximum Gasteiger partial charge on any atom is 0.256 e. The molecule has 0 aromatic heterocycles. The van der Waals surface area contributed by atoms with Crippen LogP contribution >= 0.6 is 0 Å². The van der Waals surface area contributed by atoms with Crippen LogP contribution in [0.2, 0.25) is 0 Å². The van der Waals surface area contributed by atoms with Crippen LogP contribution in [0.4, 0.5) is 5.69 Å². The van der Waals surface area contributed by atoms with E-state index in [-0.39, 0.29) is 17.7 Å². The summed E-state index contributed by atoms with van der Waals surface area (Å²) in [5.41, 5.74) is 3.77. The van der Waals surface area contributed by atoms with Crippen LogP contribution in [0, 0.1) is 5.92 Å². The highest BCUT2D eigenvalue weighted by Gasteiger charge is 2.23. The number of carbonyl (C=O) groups is 2. The van der Waals surface area contributed by atoms with Crippen molar-refractivity contribution in [1.82, 2.24) is 4.90 Å². The average molecular weight is 372 g/mol. The average Bonchev–Trinajstić information content (AvgIpc) is 2.72. The van der Waals surface area contributed by atoms with Gasteiger partial charge in [0.25, 0.3) is 5.91 Å². The quantitative estimate of drug-likeness (QED) is 0.728. The molecule has 142 valence electrons. The van der Waals surface area contributed by atoms with Crippen LogP contribution in [0.25, 0.3) is 10.8 Å². The van der Waals surface area contributed by atoms with Gasteiger partial charge in [-0.25, -0.2) is 0 Å². The van der Waals surface area contributed by atoms with Gasteiger partial charge in [0.05, 0.1) is 0 Å². The normalized spacial score (nSPS) is 13.5. The van der Waals surface area contributed by atoms with Crippen LogP contribution in [-0.2, 0) is 17.8 Å². The molecule has 1 N–H and O–H groups in total. The molecule has 4 nitrogen and oxygen atoms in total. The summed E-state index contributed by atoms with van der Waals surface area (Å²) in [6.07, 6.45) is 0.853. The third kappa shape index (κ3) is 3.50. The minimum Gasteiger partial charge on any atom is -0.338 e. The minimum absolute atomic E-state index is 0.00389. The molecule has 2 amide bonds. The predicted octanol–water partition coefficient (Wildman–Crippen LogP) is 4.63. The molecule has 1 aliphatic heterocycles. The van der Waals surface area contributed by atoms with Gasteiger partial charge in [-0.1, -0.05) is 56.3 Å². The standard InChI is InChI=1S/C24H24N2O2/c1-16(2)24(28)26-13-12-17-10-11-20(14-19(17)15-26)25-23(27)22-9-5-7-18-6-3-4-8-21(18)22/h3-11,14,16H,12-13,15H2,1-2H3,(H,25,27). The summed E-state index contributed by atoms with van der Waals surface area (Å²) in [4.78, 5) is 27.1. The first-order valence-electron chi connectivity index (χ1n) is 9.72. The van der Waals surface area contributed by atoms with Gasteiger partial charge in [-0.3, -0.25) is 9.59 Å². The molecular weight excluding hydrogens is 348 g/mol. The van der Waals surface area contributed by atoms with Crippen molar-refractivity contribution in [3.63, 3.8) is 0 Å². The van der Waals surface area contributed by atoms with Crippen LogP contribution in [0.15, 0.2) is 60.7 Å². The first-order valence-corrected chi connectivity index (χ1v) is 9.72. The number of hydrogen-bond donors (Lipinski definition) is 1. The molecule has 0 spiro atoms. The Labute approximate surface area is 165 Å². The summed E-state index contributed by atoms with van der Waals surface area (Å²) in [6, 6.07) is 19.6. The Morgan fingerprint density at radius 2 is 1.75 bits per heavy atom. The van der Waals surface area contributed by atoms with E-state index in [1.165, 1.54) is 5.56 Å². The molecular formula is C24H24N2O2. The van der Waals surface area contributed by atoms with Gasteiger partial charge < -0.3 is 10.2 Å². The zero-order chi connectivity index (χ0) is 19.7. The largest absolute Gasteiger partial charge is 0.338 e. The van der Waals surface area contributed by atoms with Gasteiger partial charge in [0, 0.05) is 30.3 Å². The van der Waals surface area contributed by atoms with Gasteiger partial charge in [0.1, 0.15) is 0 Å². The van der Waals surface area contributed by atoms with Gasteiger partial charge >= 0.3 is 0 Å². The Bertz CT molecular complexity index is 1050. The fourth-order valence-electron chi connectivity index (χ4n) is 3.81. The Balaban J connectivity index is 1.57. The summed E-state index contributed by atoms with van der Waals surface area (Å²) in [7, 11) is 0. The lowest BCUT2D eigenvalue weighted by Gasteiger charge is -2.30. The van der Waals surface area contributed by atoms with Crippen molar-refractivity contribution in [3.05, 3.63) is 77.4 Å². The van der Waals surface area contributed by atoms with E-state index in [2.05, 4.69) is 11.4 Å². The van der Waals surface area contributed by atoms with Crippen LogP contribution in [0.5, 0.6) is 0 Å². The van der Waals surface area contributed by atoms with Crippen molar-refractivity contribution < 1.29 is 9.59 Å². The van der Waals surface area contributed by atoms with E-state index in [1.807, 2.05) is 73.3 Å². The molecule has 0 saturated heterocycles. The highest BCUT2D eigenvalue weighted by atomic mass is 16.2. The van der Waals surface area contributed by atoms with Crippen LogP contribution in [-0.4, -0.2) is 23.3 Å². The van der Waals surface area contributed by atoms with Crippen molar-refractivity contribution in [2.75, 3.05) is 11.9 Å². The van der Waals surface area contributed by atoms with Crippen LogP contribution in [0.3, 0.4) is 0 Å². The monoisotopic (exact) mass is 372 g/mol. The van der Waals surface area contributed by atoms with Gasteiger partial charge in [0.15, 0.2) is 0 Å². The molecule has 0 unspecified atom stereocenters. The Morgan fingerprint density at radius 1 is 0.964 bits per heavy atom. The van der Waals surface area contributed by atoms with E-state index in [9.17, 15) is 9.59 Å². The Morgan fingerprint density at radius 3 is 2.57 bits per heavy atom. The van der Waals surface area contributed by atoms with E-state index >= 15 is 0 Å². The zero-order valence-corrected chi connectivity index (χ0v) is 16.2. The topological polar surface area (TPSA) is 49.4 Å². The van der Waals surface area contributed by atoms with Gasteiger partial charge in [-0.15, -0.1) is 0 Å². The van der Waals surface area contributed by atoms with Crippen LogP contribution < -0.4 is 5.32 Å². The van der Waals surface area contributed by atoms with E-state index in [0.717, 1.165) is 35.0 Å². The molecule has 0 saturated carbocycles. The van der Waals surface area contributed by atoms with Gasteiger partial charge in [-0.05, 0) is 46.5 Å². The molecule has 3 aromatic rings. The molecule has 0 atom stereocenters. The zero-order valence-electron chi connectivity index (χ0n) is 16.2. The highest BCUT2D eigenvalue weighted by Crippen LogP contribution is 2.25. The molecule has 0 fully saturated rings. The van der Waals surface area contributed by atoms with Crippen molar-refractivity contribution in [3.8, 4) is 0 Å². The van der Waals surface area contributed by atoms with E-state index in [0.29, 0.717) is 12.1 Å². The SMILES string of the molecule is CC(C)C(=O)N1CCc2ccc(NC(=O)c3cccc4ccccc34)cc2C1. The van der Waals surface area contributed by atoms with Crippen molar-refractivity contribution >= 4 is 28.3 Å². The molecule has 4 heteroatoms. The van der Waals surface area contributed by atoms with Gasteiger partial charge in [0.2, 0.25) is 5.91 Å². The predicted molar refractivity (Wildman–Crippen MR) is 112 cm³/mol. The summed E-state index contributed by atoms with van der Waals surface area (Å²) in [5, 5.41) is 5.01. The number of fused-ring (bicyclic) bond motifs is 2. The lowest BCUT2D eigenvalue weighted by Crippen LogP contribution is -2.38. The highest BCUT2D eigenvalue weighted by molar-refractivity contribution is 6.12. The van der Waals surface area contributed by atoms with Crippen molar-refractivity contribution in [2.24, 2.45) is 5.92 Å². The molecule has 1 heterocycles. The second kappa shape index (κ2) is 7.47. The fraction of sp³-hybridized carbons (Fsp3) is 0.250. The molecule has 4 rings (SSSR count). The maximum absolute atomic E-state index is 12.9. The number of hydrogen-bond acceptors (Lipinski definition) is 2. The van der Waals surface area contributed by atoms with Crippen LogP contribution in [0.1, 0.15) is 35.3 Å². The molecule has 28 heavy (non-hydrogen) atoms. The number of benzene rings is 3. The lowest BCUT2D eigenvalue weighted by atomic mass is 9.98. The second-order valence-corrected chi connectivity index (χ2v) is 7.63. The second-order valence-electron chi connectivity index (χ2n) is 7.63. The Kier molecular flexibility index (Phi) is 4.86. The van der Waals surface area contributed by atoms with E-state index in [1.54, 1.807) is 0 Å². The fourth-order valence-corrected chi connectivity index (χ4v) is 3.81. The third-order valence-corrected chi connectivity index (χ3v) is 5.32. The number of anilines is 1. The first kappa shape index (κ1) is 18.2. The molecule has 0 aliphatic carbocycles. The smallest absolute Gasteiger partial charge is 0.256 e. The first-order chi connectivity index (χ1) is 13.5. The summed E-state index contributed by atoms with van der Waals surface area (Å²) < 4.78 is 0. The third-order valence-electron chi connectivity index (χ3n) is 5.32. The molecule has 0 bridgehead atoms. The van der Waals surface area contributed by atoms with Crippen molar-refractivity contribution in [1.29, 1.82) is 0 Å². The summed E-state index contributed by atoms with van der Waals surface area (Å²) in [6.45, 7) is 5.22. The minimum atomic E-state index is -0.123. The lowest BCUT2D eigenvalue weighted by molar-refractivity contribution is -0.135. The van der Waals surface area contributed by atoms with Crippen molar-refractivity contribution in [2.45, 2.75) is 26.8 Å². The van der Waals surface area contributed by atoms with E-state index < -0.39 is 0 Å². The number of nitrogens with one attached hydrogen (secondary N) is 1. The summed E-state index contributed by atoms with van der Waals surface area (Å²) >= 11 is 0. The number of nitrogens with zero attached hydrogens (tertiary/aromatic N) is 1. The summed E-state index contributed by atoms with van der Waals surface area (Å²) in [5.74, 6) is 0.0503. The number of amides is 2. The maximum atomic E-state index is 12.9. The Hall–Kier alpha value is -3.14. The number of carbonyl (C=O) groups excluding carboxylic acids is 2.